The van der Waals surface area contributed by atoms with E-state index in [1.807, 2.05) is 4.90 Å². The van der Waals surface area contributed by atoms with Crippen molar-refractivity contribution in [2.45, 2.75) is 0 Å². The van der Waals surface area contributed by atoms with Gasteiger partial charge in [-0.2, -0.15) is 0 Å². The molecule has 1 amide bonds. The first-order valence-electron chi connectivity index (χ1n) is 6.91. The van der Waals surface area contributed by atoms with Gasteiger partial charge < -0.3 is 9.80 Å². The molecule has 7 heteroatoms. The Hall–Kier alpha value is -2.57. The molecule has 3 rings (SSSR count). The van der Waals surface area contributed by atoms with Gasteiger partial charge in [0.05, 0.1) is 0 Å². The van der Waals surface area contributed by atoms with E-state index in [0.29, 0.717) is 32.1 Å². The number of rotatable bonds is 2. The van der Waals surface area contributed by atoms with Gasteiger partial charge in [-0.3, -0.25) is 4.79 Å². The van der Waals surface area contributed by atoms with Crippen LogP contribution in [0.4, 0.5) is 14.7 Å². The fraction of sp³-hybridized carbons (Fsp3) is 0.267. The quantitative estimate of drug-likeness (QED) is 0.847. The number of carbonyl (C=O) groups excluding carboxylic acids is 1. The van der Waals surface area contributed by atoms with E-state index in [-0.39, 0.29) is 11.5 Å². The Labute approximate surface area is 126 Å². The molecule has 22 heavy (non-hydrogen) atoms. The summed E-state index contributed by atoms with van der Waals surface area (Å²) in [6.45, 7) is 2.16. The zero-order valence-corrected chi connectivity index (χ0v) is 11.7. The standard InChI is InChI=1S/C15H14F2N4O/c16-12-3-2-11(10-13(12)17)14(22)20-6-8-21(9-7-20)15-18-4-1-5-19-15/h1-5,10H,6-9H2. The minimum atomic E-state index is -1.01. The van der Waals surface area contributed by atoms with Gasteiger partial charge in [-0.25, -0.2) is 18.7 Å². The molecule has 1 aromatic carbocycles. The molecule has 0 radical (unpaired) electrons. The van der Waals surface area contributed by atoms with E-state index in [1.54, 1.807) is 23.4 Å². The van der Waals surface area contributed by atoms with Crippen LogP contribution in [0, 0.1) is 11.6 Å². The van der Waals surface area contributed by atoms with Crippen molar-refractivity contribution in [2.75, 3.05) is 31.1 Å². The summed E-state index contributed by atoms with van der Waals surface area (Å²) in [6.07, 6.45) is 3.34. The monoisotopic (exact) mass is 304 g/mol. The number of halogens is 2. The second-order valence-electron chi connectivity index (χ2n) is 4.96. The Kier molecular flexibility index (Phi) is 3.95. The average Bonchev–Trinajstić information content (AvgIpc) is 2.58. The van der Waals surface area contributed by atoms with Gasteiger partial charge in [0.2, 0.25) is 5.95 Å². The number of nitrogens with zero attached hydrogens (tertiary/aromatic N) is 4. The Morgan fingerprint density at radius 1 is 1.00 bits per heavy atom. The summed E-state index contributed by atoms with van der Waals surface area (Å²) in [4.78, 5) is 24.2. The van der Waals surface area contributed by atoms with Gasteiger partial charge >= 0.3 is 0 Å². The largest absolute Gasteiger partial charge is 0.337 e. The van der Waals surface area contributed by atoms with E-state index in [1.165, 1.54) is 6.07 Å². The Morgan fingerprint density at radius 2 is 1.68 bits per heavy atom. The van der Waals surface area contributed by atoms with Crippen molar-refractivity contribution in [3.63, 3.8) is 0 Å². The predicted octanol–water partition coefficient (Wildman–Crippen LogP) is 1.72. The van der Waals surface area contributed by atoms with E-state index < -0.39 is 11.6 Å². The highest BCUT2D eigenvalue weighted by Crippen LogP contribution is 2.14. The molecule has 1 aliphatic heterocycles. The zero-order chi connectivity index (χ0) is 15.5. The van der Waals surface area contributed by atoms with Crippen LogP contribution in [-0.4, -0.2) is 47.0 Å². The maximum absolute atomic E-state index is 13.2. The molecule has 1 saturated heterocycles. The highest BCUT2D eigenvalue weighted by atomic mass is 19.2. The van der Waals surface area contributed by atoms with E-state index in [0.717, 1.165) is 12.1 Å². The second-order valence-corrected chi connectivity index (χ2v) is 4.96. The summed E-state index contributed by atoms with van der Waals surface area (Å²) in [6, 6.07) is 4.95. The van der Waals surface area contributed by atoms with E-state index >= 15 is 0 Å². The first-order valence-corrected chi connectivity index (χ1v) is 6.91. The number of hydrogen-bond acceptors (Lipinski definition) is 4. The molecule has 1 aromatic heterocycles. The van der Waals surface area contributed by atoms with Gasteiger partial charge in [0.25, 0.3) is 5.91 Å². The van der Waals surface area contributed by atoms with E-state index in [4.69, 9.17) is 0 Å². The third kappa shape index (κ3) is 2.88. The van der Waals surface area contributed by atoms with Gasteiger partial charge in [-0.05, 0) is 24.3 Å². The minimum Gasteiger partial charge on any atom is -0.337 e. The number of aromatic nitrogens is 2. The van der Waals surface area contributed by atoms with E-state index in [2.05, 4.69) is 9.97 Å². The molecule has 5 nitrogen and oxygen atoms in total. The number of piperazine rings is 1. The predicted molar refractivity (Wildman–Crippen MR) is 76.5 cm³/mol. The number of amides is 1. The molecule has 1 aliphatic rings. The van der Waals surface area contributed by atoms with Crippen molar-refractivity contribution in [2.24, 2.45) is 0 Å². The summed E-state index contributed by atoms with van der Waals surface area (Å²) >= 11 is 0. The summed E-state index contributed by atoms with van der Waals surface area (Å²) in [5.41, 5.74) is 0.156. The SMILES string of the molecule is O=C(c1ccc(F)c(F)c1)N1CCN(c2ncccn2)CC1. The lowest BCUT2D eigenvalue weighted by Crippen LogP contribution is -2.49. The Balaban J connectivity index is 1.66. The van der Waals surface area contributed by atoms with Crippen molar-refractivity contribution in [1.82, 2.24) is 14.9 Å². The molecule has 0 N–H and O–H groups in total. The highest BCUT2D eigenvalue weighted by Gasteiger charge is 2.23. The average molecular weight is 304 g/mol. The number of hydrogen-bond donors (Lipinski definition) is 0. The van der Waals surface area contributed by atoms with Gasteiger partial charge in [-0.1, -0.05) is 0 Å². The lowest BCUT2D eigenvalue weighted by Gasteiger charge is -2.34. The summed E-state index contributed by atoms with van der Waals surface area (Å²) in [5, 5.41) is 0. The van der Waals surface area contributed by atoms with Crippen LogP contribution in [0.25, 0.3) is 0 Å². The number of anilines is 1. The first-order chi connectivity index (χ1) is 10.6. The Morgan fingerprint density at radius 3 is 2.32 bits per heavy atom. The Bertz CT molecular complexity index is 672. The molecule has 0 bridgehead atoms. The molecule has 0 saturated carbocycles. The molecule has 114 valence electrons. The molecular weight excluding hydrogens is 290 g/mol. The lowest BCUT2D eigenvalue weighted by molar-refractivity contribution is 0.0745. The van der Waals surface area contributed by atoms with Crippen LogP contribution < -0.4 is 4.90 Å². The van der Waals surface area contributed by atoms with E-state index in [9.17, 15) is 13.6 Å². The van der Waals surface area contributed by atoms with Crippen molar-refractivity contribution < 1.29 is 13.6 Å². The summed E-state index contributed by atoms with van der Waals surface area (Å²) in [7, 11) is 0. The van der Waals surface area contributed by atoms with Gasteiger partial charge in [-0.15, -0.1) is 0 Å². The molecule has 0 aliphatic carbocycles. The summed E-state index contributed by atoms with van der Waals surface area (Å²) in [5.74, 6) is -1.64. The molecule has 2 aromatic rings. The second kappa shape index (κ2) is 6.05. The minimum absolute atomic E-state index is 0.156. The van der Waals surface area contributed by atoms with Crippen molar-refractivity contribution in [3.05, 3.63) is 53.9 Å². The van der Waals surface area contributed by atoms with Crippen LogP contribution in [0.1, 0.15) is 10.4 Å². The molecule has 1 fully saturated rings. The van der Waals surface area contributed by atoms with Crippen molar-refractivity contribution >= 4 is 11.9 Å². The fourth-order valence-corrected chi connectivity index (χ4v) is 2.38. The highest BCUT2D eigenvalue weighted by molar-refractivity contribution is 5.94. The molecule has 2 heterocycles. The first kappa shape index (κ1) is 14.4. The molecule has 0 atom stereocenters. The zero-order valence-electron chi connectivity index (χ0n) is 11.7. The van der Waals surface area contributed by atoms with Crippen LogP contribution in [0.5, 0.6) is 0 Å². The van der Waals surface area contributed by atoms with Gasteiger partial charge in [0.1, 0.15) is 0 Å². The normalized spacial score (nSPS) is 15.0. The number of carbonyl (C=O) groups is 1. The molecule has 0 spiro atoms. The summed E-state index contributed by atoms with van der Waals surface area (Å²) < 4.78 is 26.1. The fourth-order valence-electron chi connectivity index (χ4n) is 2.38. The molecule has 0 unspecified atom stereocenters. The van der Waals surface area contributed by atoms with Gasteiger partial charge in [0, 0.05) is 44.1 Å². The topological polar surface area (TPSA) is 49.3 Å². The maximum atomic E-state index is 13.2. The number of benzene rings is 1. The third-order valence-corrected chi connectivity index (χ3v) is 3.57. The van der Waals surface area contributed by atoms with Crippen molar-refractivity contribution in [1.29, 1.82) is 0 Å². The van der Waals surface area contributed by atoms with Crippen LogP contribution in [0.15, 0.2) is 36.7 Å². The maximum Gasteiger partial charge on any atom is 0.254 e. The van der Waals surface area contributed by atoms with Crippen LogP contribution in [-0.2, 0) is 0 Å². The van der Waals surface area contributed by atoms with Crippen LogP contribution in [0.2, 0.25) is 0 Å². The lowest BCUT2D eigenvalue weighted by atomic mass is 10.1. The van der Waals surface area contributed by atoms with Gasteiger partial charge in [0.15, 0.2) is 11.6 Å². The smallest absolute Gasteiger partial charge is 0.254 e. The van der Waals surface area contributed by atoms with Crippen LogP contribution in [0.3, 0.4) is 0 Å². The third-order valence-electron chi connectivity index (χ3n) is 3.57. The molecular formula is C15H14F2N4O. The van der Waals surface area contributed by atoms with Crippen molar-refractivity contribution in [3.8, 4) is 0 Å². The van der Waals surface area contributed by atoms with Crippen LogP contribution >= 0.6 is 0 Å².